The molecule has 1 heterocycles. The minimum Gasteiger partial charge on any atom is -0.445 e. The number of rotatable bonds is 37. The number of urea groups is 1. The second-order valence-electron chi connectivity index (χ2n) is 14.9. The maximum atomic E-state index is 13.6. The van der Waals surface area contributed by atoms with Crippen LogP contribution in [-0.4, -0.2) is 177 Å². The van der Waals surface area contributed by atoms with Crippen LogP contribution in [0.4, 0.5) is 15.3 Å². The van der Waals surface area contributed by atoms with Crippen molar-refractivity contribution in [2.24, 2.45) is 17.6 Å². The molecule has 0 spiro atoms. The van der Waals surface area contributed by atoms with Gasteiger partial charge < -0.3 is 65.1 Å². The van der Waals surface area contributed by atoms with E-state index in [0.29, 0.717) is 84.7 Å². The zero-order valence-corrected chi connectivity index (χ0v) is 37.7. The first-order valence-electron chi connectivity index (χ1n) is 21.6. The quantitative estimate of drug-likeness (QED) is 0.0461. The van der Waals surface area contributed by atoms with Crippen LogP contribution >= 0.6 is 0 Å². The van der Waals surface area contributed by atoms with Crippen molar-refractivity contribution < 1.29 is 66.7 Å². The van der Waals surface area contributed by atoms with Gasteiger partial charge in [0.2, 0.25) is 11.8 Å². The van der Waals surface area contributed by atoms with Crippen LogP contribution in [0, 0.1) is 11.8 Å². The number of nitrogens with one attached hydrogen (secondary N) is 4. The molecule has 1 aliphatic rings. The topological polar surface area (TPSA) is 265 Å². The van der Waals surface area contributed by atoms with Gasteiger partial charge in [-0.15, -0.1) is 0 Å². The summed E-state index contributed by atoms with van der Waals surface area (Å²) in [4.78, 5) is 88.8. The average molecular weight is 908 g/mol. The molecule has 64 heavy (non-hydrogen) atoms. The van der Waals surface area contributed by atoms with Crippen molar-refractivity contribution in [2.75, 3.05) is 125 Å². The number of likely N-dealkylation sites (N-methyl/N-ethyl adjacent to an activating group) is 2. The number of imide groups is 1. The van der Waals surface area contributed by atoms with Gasteiger partial charge in [0.25, 0.3) is 11.8 Å². The summed E-state index contributed by atoms with van der Waals surface area (Å²) in [7, 11) is 3.44. The standard InChI is InChI=1S/C43H69N7O14/c1-32(2)40(36(51)30-34(6-5-14-46-42(44)56)41(55)47-35-9-7-33(8-10-35)31-64-43(57)49(4)16-15-45-3)48-37(52)13-18-58-20-22-60-24-26-62-28-29-63-27-25-61-23-21-59-19-17-50-38(53)11-12-39(50)54/h7-12,32,34,40,45H,5-6,13-31H2,1-4H3,(H,47,55)(H,48,52)(H3,44,46,56)/t34-,40+/m1/s1. The summed E-state index contributed by atoms with van der Waals surface area (Å²) < 4.78 is 38.1. The first-order chi connectivity index (χ1) is 30.8. The van der Waals surface area contributed by atoms with E-state index in [-0.39, 0.29) is 88.2 Å². The molecule has 1 aromatic rings. The van der Waals surface area contributed by atoms with Crippen LogP contribution in [0.5, 0.6) is 0 Å². The number of amides is 7. The smallest absolute Gasteiger partial charge is 0.409 e. The molecule has 2 rings (SSSR count). The third kappa shape index (κ3) is 24.7. The van der Waals surface area contributed by atoms with Crippen LogP contribution in [0.2, 0.25) is 0 Å². The second-order valence-corrected chi connectivity index (χ2v) is 14.9. The van der Waals surface area contributed by atoms with Crippen molar-refractivity contribution in [1.29, 1.82) is 0 Å². The Kier molecular flexibility index (Phi) is 28.8. The molecular formula is C43H69N7O14. The molecule has 0 bridgehead atoms. The molecule has 6 N–H and O–H groups in total. The Balaban J connectivity index is 1.60. The number of carbonyl (C=O) groups is 7. The number of anilines is 1. The summed E-state index contributed by atoms with van der Waals surface area (Å²) in [6.45, 7) is 9.10. The first kappa shape index (κ1) is 55.1. The monoisotopic (exact) mass is 907 g/mol. The van der Waals surface area contributed by atoms with Gasteiger partial charge in [0.1, 0.15) is 6.61 Å². The fourth-order valence-corrected chi connectivity index (χ4v) is 5.85. The van der Waals surface area contributed by atoms with Gasteiger partial charge in [-0.25, -0.2) is 9.59 Å². The van der Waals surface area contributed by atoms with E-state index in [0.717, 1.165) is 10.5 Å². The van der Waals surface area contributed by atoms with E-state index in [4.69, 9.17) is 38.9 Å². The first-order valence-corrected chi connectivity index (χ1v) is 21.6. The molecule has 0 aliphatic carbocycles. The Labute approximate surface area is 375 Å². The van der Waals surface area contributed by atoms with Crippen molar-refractivity contribution in [3.05, 3.63) is 42.0 Å². The summed E-state index contributed by atoms with van der Waals surface area (Å²) >= 11 is 0. The van der Waals surface area contributed by atoms with Crippen molar-refractivity contribution in [3.8, 4) is 0 Å². The van der Waals surface area contributed by atoms with Gasteiger partial charge in [-0.05, 0) is 43.5 Å². The molecular weight excluding hydrogens is 839 g/mol. The Morgan fingerprint density at radius 1 is 0.750 bits per heavy atom. The molecule has 0 saturated carbocycles. The molecule has 7 amide bonds. The number of nitrogens with zero attached hydrogens (tertiary/aromatic N) is 2. The van der Waals surface area contributed by atoms with Crippen molar-refractivity contribution in [1.82, 2.24) is 25.8 Å². The van der Waals surface area contributed by atoms with Crippen LogP contribution in [0.15, 0.2) is 36.4 Å². The normalized spacial score (nSPS) is 13.2. The van der Waals surface area contributed by atoms with Gasteiger partial charge in [0, 0.05) is 63.3 Å². The molecule has 0 fully saturated rings. The Hall–Kier alpha value is -5.03. The number of carbonyl (C=O) groups excluding carboxylic acids is 7. The van der Waals surface area contributed by atoms with E-state index < -0.39 is 30.0 Å². The van der Waals surface area contributed by atoms with Gasteiger partial charge in [-0.2, -0.15) is 0 Å². The number of Topliss-reactive ketones (excluding diaryl/α,β-unsaturated/α-hetero) is 1. The molecule has 21 nitrogen and oxygen atoms in total. The Bertz CT molecular complexity index is 1580. The van der Waals surface area contributed by atoms with E-state index in [1.165, 1.54) is 17.1 Å². The van der Waals surface area contributed by atoms with E-state index in [1.807, 2.05) is 13.8 Å². The maximum absolute atomic E-state index is 13.6. The van der Waals surface area contributed by atoms with E-state index in [2.05, 4.69) is 21.3 Å². The lowest BCUT2D eigenvalue weighted by Gasteiger charge is -2.24. The predicted octanol–water partition coefficient (Wildman–Crippen LogP) is 0.992. The van der Waals surface area contributed by atoms with E-state index in [1.54, 1.807) is 38.4 Å². The number of ketones is 1. The fourth-order valence-electron chi connectivity index (χ4n) is 5.85. The number of ether oxygens (including phenoxy) is 7. The van der Waals surface area contributed by atoms with Gasteiger partial charge in [-0.1, -0.05) is 26.0 Å². The lowest BCUT2D eigenvalue weighted by Crippen LogP contribution is -2.45. The Morgan fingerprint density at radius 2 is 1.28 bits per heavy atom. The second kappa shape index (κ2) is 33.5. The zero-order chi connectivity index (χ0) is 47.0. The Morgan fingerprint density at radius 3 is 1.80 bits per heavy atom. The maximum Gasteiger partial charge on any atom is 0.409 e. The molecule has 21 heteroatoms. The van der Waals surface area contributed by atoms with E-state index >= 15 is 0 Å². The molecule has 0 aromatic heterocycles. The predicted molar refractivity (Wildman–Crippen MR) is 234 cm³/mol. The van der Waals surface area contributed by atoms with Crippen LogP contribution in [0.1, 0.15) is 45.1 Å². The molecule has 0 unspecified atom stereocenters. The highest BCUT2D eigenvalue weighted by Crippen LogP contribution is 2.20. The lowest BCUT2D eigenvalue weighted by molar-refractivity contribution is -0.137. The highest BCUT2D eigenvalue weighted by Gasteiger charge is 2.29. The fraction of sp³-hybridized carbons (Fsp3) is 0.651. The van der Waals surface area contributed by atoms with Crippen LogP contribution < -0.4 is 27.0 Å². The average Bonchev–Trinajstić information content (AvgIpc) is 3.59. The van der Waals surface area contributed by atoms with E-state index in [9.17, 15) is 33.6 Å². The zero-order valence-electron chi connectivity index (χ0n) is 37.7. The third-order valence-corrected chi connectivity index (χ3v) is 9.46. The minimum absolute atomic E-state index is 0.0205. The minimum atomic E-state index is -0.836. The highest BCUT2D eigenvalue weighted by atomic mass is 16.6. The third-order valence-electron chi connectivity index (χ3n) is 9.46. The lowest BCUT2D eigenvalue weighted by atomic mass is 9.89. The molecule has 0 saturated heterocycles. The highest BCUT2D eigenvalue weighted by molar-refractivity contribution is 6.12. The van der Waals surface area contributed by atoms with Crippen LogP contribution in [0.25, 0.3) is 0 Å². The largest absolute Gasteiger partial charge is 0.445 e. The summed E-state index contributed by atoms with van der Waals surface area (Å²) in [5.41, 5.74) is 6.39. The number of primary amides is 1. The van der Waals surface area contributed by atoms with Crippen LogP contribution in [-0.2, 0) is 63.7 Å². The van der Waals surface area contributed by atoms with Crippen molar-refractivity contribution in [2.45, 2.75) is 52.2 Å². The molecule has 360 valence electrons. The molecule has 2 atom stereocenters. The van der Waals surface area contributed by atoms with Crippen molar-refractivity contribution in [3.63, 3.8) is 0 Å². The van der Waals surface area contributed by atoms with Crippen molar-refractivity contribution >= 4 is 47.2 Å². The summed E-state index contributed by atoms with van der Waals surface area (Å²) in [5, 5.41) is 11.1. The number of hydrogen-bond donors (Lipinski definition) is 5. The van der Waals surface area contributed by atoms with Gasteiger partial charge in [-0.3, -0.25) is 28.9 Å². The summed E-state index contributed by atoms with van der Waals surface area (Å²) in [6, 6.07) is 5.27. The molecule has 1 aliphatic heterocycles. The van der Waals surface area contributed by atoms with Gasteiger partial charge >= 0.3 is 12.1 Å². The number of hydrogen-bond acceptors (Lipinski definition) is 15. The summed E-state index contributed by atoms with van der Waals surface area (Å²) in [6.07, 6.45) is 2.55. The van der Waals surface area contributed by atoms with Gasteiger partial charge in [0.15, 0.2) is 5.78 Å². The number of benzene rings is 1. The molecule has 0 radical (unpaired) electrons. The summed E-state index contributed by atoms with van der Waals surface area (Å²) in [5.74, 6) is -2.76. The van der Waals surface area contributed by atoms with Crippen LogP contribution in [0.3, 0.4) is 0 Å². The number of nitrogens with two attached hydrogens (primary N) is 1. The molecule has 1 aromatic carbocycles. The SMILES string of the molecule is CNCCN(C)C(=O)OCc1ccc(NC(=O)[C@H](CCCNC(N)=O)CC(=O)[C@@H](NC(=O)CCOCCOCCOCCOCCOCCOCCN2C(=O)C=CC2=O)C(C)C)cc1. The van der Waals surface area contributed by atoms with Gasteiger partial charge in [0.05, 0.1) is 91.9 Å².